The van der Waals surface area contributed by atoms with E-state index in [0.717, 1.165) is 19.9 Å². The summed E-state index contributed by atoms with van der Waals surface area (Å²) in [4.78, 5) is 49.9. The number of carbonyl (C=O) groups excluding carboxylic acids is 4. The Morgan fingerprint density at radius 2 is 1.70 bits per heavy atom. The van der Waals surface area contributed by atoms with Crippen molar-refractivity contribution in [1.29, 1.82) is 0 Å². The molecular weight excluding hydrogens is 360 g/mol. The minimum Gasteiger partial charge on any atom is -0.508 e. The number of carbonyl (C=O) groups is 4. The van der Waals surface area contributed by atoms with Crippen molar-refractivity contribution < 1.29 is 44.0 Å². The molecule has 4 atom stereocenters. The zero-order valence-electron chi connectivity index (χ0n) is 14.9. The lowest BCUT2D eigenvalue weighted by atomic mass is 9.59. The van der Waals surface area contributed by atoms with Gasteiger partial charge < -0.3 is 24.8 Å². The fourth-order valence-corrected chi connectivity index (χ4v) is 4.50. The maximum Gasteiger partial charge on any atom is 0.294 e. The van der Waals surface area contributed by atoms with Gasteiger partial charge in [-0.3, -0.25) is 19.2 Å². The molecule has 0 unspecified atom stereocenters. The molecule has 0 bridgehead atoms. The topological polar surface area (TPSA) is 151 Å². The summed E-state index contributed by atoms with van der Waals surface area (Å²) in [7, 11) is 0. The first-order chi connectivity index (χ1) is 12.3. The monoisotopic (exact) mass is 376 g/mol. The Hall–Kier alpha value is -2.78. The molecule has 0 aromatic rings. The number of hydrogen-bond donors (Lipinski definition) is 3. The first-order valence-corrected chi connectivity index (χ1v) is 8.13. The highest BCUT2D eigenvalue weighted by molar-refractivity contribution is 6.26. The van der Waals surface area contributed by atoms with Crippen molar-refractivity contribution in [1.82, 2.24) is 0 Å². The minimum atomic E-state index is -2.66. The molecule has 0 radical (unpaired) electrons. The largest absolute Gasteiger partial charge is 0.508 e. The number of ether oxygens (including phenoxy) is 2. The van der Waals surface area contributed by atoms with Gasteiger partial charge >= 0.3 is 0 Å². The van der Waals surface area contributed by atoms with Crippen molar-refractivity contribution in [2.45, 2.75) is 44.7 Å². The number of epoxide rings is 1. The third-order valence-electron chi connectivity index (χ3n) is 6.08. The van der Waals surface area contributed by atoms with Gasteiger partial charge in [0.25, 0.3) is 11.4 Å². The molecule has 4 aliphatic rings. The Morgan fingerprint density at radius 3 is 2.22 bits per heavy atom. The fourth-order valence-electron chi connectivity index (χ4n) is 4.50. The van der Waals surface area contributed by atoms with Crippen molar-refractivity contribution >= 4 is 23.1 Å². The SMILES string of the molecule is CC(=O)C1=C(O)C=C2O[C@]34O[C@@]3(C(C)=O)C(=O)C(C)=C(O)[C@]4(O)[C@@]2(C)C1=O. The Labute approximate surface area is 152 Å². The molecule has 0 aromatic carbocycles. The number of hydrogen-bond acceptors (Lipinski definition) is 9. The zero-order chi connectivity index (χ0) is 20.3. The number of fused-ring (bicyclic) bond motifs is 2. The van der Waals surface area contributed by atoms with Gasteiger partial charge in [0.2, 0.25) is 11.4 Å². The first-order valence-electron chi connectivity index (χ1n) is 8.13. The molecule has 0 aromatic heterocycles. The maximum atomic E-state index is 13.1. The van der Waals surface area contributed by atoms with Crippen LogP contribution < -0.4 is 0 Å². The van der Waals surface area contributed by atoms with Gasteiger partial charge in [-0.2, -0.15) is 0 Å². The van der Waals surface area contributed by atoms with E-state index < -0.39 is 62.6 Å². The molecule has 9 heteroatoms. The van der Waals surface area contributed by atoms with Gasteiger partial charge in [0, 0.05) is 11.6 Å². The number of rotatable bonds is 2. The second kappa shape index (κ2) is 4.37. The summed E-state index contributed by atoms with van der Waals surface area (Å²) in [6.07, 6.45) is 0.947. The van der Waals surface area contributed by atoms with E-state index in [4.69, 9.17) is 9.47 Å². The minimum absolute atomic E-state index is 0.324. The van der Waals surface area contributed by atoms with Crippen molar-refractivity contribution in [3.05, 3.63) is 34.5 Å². The molecule has 2 fully saturated rings. The number of aliphatic hydroxyl groups excluding tert-OH is 2. The van der Waals surface area contributed by atoms with Crippen LogP contribution in [0.25, 0.3) is 0 Å². The summed E-state index contributed by atoms with van der Waals surface area (Å²) in [6.45, 7) is 4.49. The van der Waals surface area contributed by atoms with Gasteiger partial charge in [-0.05, 0) is 27.7 Å². The lowest BCUT2D eigenvalue weighted by molar-refractivity contribution is -0.156. The average Bonchev–Trinajstić information content (AvgIpc) is 3.22. The van der Waals surface area contributed by atoms with E-state index in [9.17, 15) is 34.5 Å². The second-order valence-corrected chi connectivity index (χ2v) is 7.35. The van der Waals surface area contributed by atoms with Gasteiger partial charge in [-0.1, -0.05) is 0 Å². The Kier molecular flexibility index (Phi) is 2.85. The normalized spacial score (nSPS) is 42.2. The van der Waals surface area contributed by atoms with Crippen LogP contribution >= 0.6 is 0 Å². The molecule has 2 aliphatic heterocycles. The first kappa shape index (κ1) is 17.6. The molecule has 3 N–H and O–H groups in total. The highest BCUT2D eigenvalue weighted by Gasteiger charge is 2.98. The quantitative estimate of drug-likeness (QED) is 0.346. The van der Waals surface area contributed by atoms with Gasteiger partial charge in [0.15, 0.2) is 17.3 Å². The average molecular weight is 376 g/mol. The Balaban J connectivity index is 2.07. The molecule has 2 saturated heterocycles. The third kappa shape index (κ3) is 1.37. The van der Waals surface area contributed by atoms with Crippen molar-refractivity contribution in [3.63, 3.8) is 0 Å². The standard InChI is InChI=1S/C18H16O9/c1-6-12(22)16(8(3)20)18(27-16)17(25,13(6)23)15(4)10(26-18)5-9(21)11(7(2)19)14(15)24/h5,21,23,25H,1-4H3/t15-,16+,17+,18+/m1/s1. The lowest BCUT2D eigenvalue weighted by Crippen LogP contribution is -2.64. The summed E-state index contributed by atoms with van der Waals surface area (Å²) in [6, 6.07) is 0. The molecule has 2 heterocycles. The van der Waals surface area contributed by atoms with Crippen LogP contribution in [-0.2, 0) is 28.7 Å². The van der Waals surface area contributed by atoms with Crippen LogP contribution in [0.3, 0.4) is 0 Å². The van der Waals surface area contributed by atoms with E-state index in [1.807, 2.05) is 0 Å². The van der Waals surface area contributed by atoms with E-state index in [1.165, 1.54) is 13.8 Å². The van der Waals surface area contributed by atoms with Gasteiger partial charge in [-0.25, -0.2) is 0 Å². The molecule has 142 valence electrons. The Bertz CT molecular complexity index is 998. The van der Waals surface area contributed by atoms with Crippen LogP contribution in [-0.4, -0.2) is 55.4 Å². The molecule has 0 amide bonds. The van der Waals surface area contributed by atoms with E-state index in [2.05, 4.69) is 0 Å². The number of ketones is 4. The summed E-state index contributed by atoms with van der Waals surface area (Å²) < 4.78 is 11.0. The molecule has 0 saturated carbocycles. The number of aliphatic hydroxyl groups is 3. The van der Waals surface area contributed by atoms with Crippen molar-refractivity contribution in [2.24, 2.45) is 5.41 Å². The molecular formula is C18H16O9. The highest BCUT2D eigenvalue weighted by Crippen LogP contribution is 2.74. The van der Waals surface area contributed by atoms with Gasteiger partial charge in [0.05, 0.1) is 0 Å². The predicted molar refractivity (Wildman–Crippen MR) is 85.1 cm³/mol. The van der Waals surface area contributed by atoms with Gasteiger partial charge in [0.1, 0.15) is 28.3 Å². The van der Waals surface area contributed by atoms with Gasteiger partial charge in [-0.15, -0.1) is 0 Å². The van der Waals surface area contributed by atoms with E-state index >= 15 is 0 Å². The maximum absolute atomic E-state index is 13.1. The number of Topliss-reactive ketones (excluding diaryl/α,β-unsaturated/α-hetero) is 4. The van der Waals surface area contributed by atoms with Crippen LogP contribution in [0.15, 0.2) is 34.5 Å². The van der Waals surface area contributed by atoms with Crippen LogP contribution in [0.1, 0.15) is 27.7 Å². The predicted octanol–water partition coefficient (Wildman–Crippen LogP) is 0.0907. The summed E-state index contributed by atoms with van der Waals surface area (Å²) >= 11 is 0. The van der Waals surface area contributed by atoms with E-state index in [-0.39, 0.29) is 11.3 Å². The number of allylic oxidation sites excluding steroid dienone is 2. The second-order valence-electron chi connectivity index (χ2n) is 7.35. The molecule has 4 rings (SSSR count). The summed E-state index contributed by atoms with van der Waals surface area (Å²) in [5, 5.41) is 32.3. The lowest BCUT2D eigenvalue weighted by Gasteiger charge is -2.40. The van der Waals surface area contributed by atoms with E-state index in [0.29, 0.717) is 0 Å². The summed E-state index contributed by atoms with van der Waals surface area (Å²) in [5.74, 6) is -7.71. The molecule has 27 heavy (non-hydrogen) atoms. The molecule has 9 nitrogen and oxygen atoms in total. The van der Waals surface area contributed by atoms with Crippen molar-refractivity contribution in [2.75, 3.05) is 0 Å². The van der Waals surface area contributed by atoms with E-state index in [1.54, 1.807) is 0 Å². The van der Waals surface area contributed by atoms with Crippen molar-refractivity contribution in [3.8, 4) is 0 Å². The van der Waals surface area contributed by atoms with Crippen LogP contribution in [0, 0.1) is 5.41 Å². The Morgan fingerprint density at radius 1 is 1.11 bits per heavy atom. The van der Waals surface area contributed by atoms with Crippen LogP contribution in [0.2, 0.25) is 0 Å². The van der Waals surface area contributed by atoms with Crippen LogP contribution in [0.4, 0.5) is 0 Å². The molecule has 2 aliphatic carbocycles. The highest BCUT2D eigenvalue weighted by atomic mass is 16.8. The fraction of sp³-hybridized carbons (Fsp3) is 0.444. The molecule has 1 spiro atoms. The van der Waals surface area contributed by atoms with Crippen LogP contribution in [0.5, 0.6) is 0 Å². The zero-order valence-corrected chi connectivity index (χ0v) is 14.9. The third-order valence-corrected chi connectivity index (χ3v) is 6.08. The smallest absolute Gasteiger partial charge is 0.294 e. The summed E-state index contributed by atoms with van der Waals surface area (Å²) in [5.41, 5.74) is -7.95.